The highest BCUT2D eigenvalue weighted by Crippen LogP contribution is 2.55. The van der Waals surface area contributed by atoms with Crippen molar-refractivity contribution in [2.45, 2.75) is 64.3 Å². The zero-order valence-electron chi connectivity index (χ0n) is 26.0. The van der Waals surface area contributed by atoms with Crippen molar-refractivity contribution in [1.29, 1.82) is 0 Å². The largest absolute Gasteiger partial charge is 0.493 e. The Bertz CT molecular complexity index is 1730. The third-order valence-electron chi connectivity index (χ3n) is 10.3. The van der Waals surface area contributed by atoms with Gasteiger partial charge in [0.15, 0.2) is 0 Å². The highest BCUT2D eigenvalue weighted by Gasteiger charge is 2.38. The minimum Gasteiger partial charge on any atom is -0.493 e. The highest BCUT2D eigenvalue weighted by atomic mass is 35.5. The van der Waals surface area contributed by atoms with Crippen molar-refractivity contribution in [2.75, 3.05) is 39.3 Å². The predicted molar refractivity (Wildman–Crippen MR) is 174 cm³/mol. The van der Waals surface area contributed by atoms with E-state index in [4.69, 9.17) is 16.3 Å². The van der Waals surface area contributed by atoms with Gasteiger partial charge in [0.2, 0.25) is 0 Å². The fourth-order valence-corrected chi connectivity index (χ4v) is 8.45. The fourth-order valence-electron chi connectivity index (χ4n) is 8.20. The maximum absolute atomic E-state index is 13.1. The fraction of sp³-hybridized carbons (Fsp3) is 0.486. The number of halogens is 1. The Morgan fingerprint density at radius 1 is 1.09 bits per heavy atom. The van der Waals surface area contributed by atoms with Crippen molar-refractivity contribution in [2.24, 2.45) is 7.05 Å². The van der Waals surface area contributed by atoms with Gasteiger partial charge in [0, 0.05) is 74.1 Å². The van der Waals surface area contributed by atoms with E-state index in [1.807, 2.05) is 42.3 Å². The van der Waals surface area contributed by atoms with Crippen molar-refractivity contribution >= 4 is 28.5 Å². The number of carboxylic acids is 1. The molecule has 232 valence electrons. The number of ether oxygens (including phenoxy) is 1. The van der Waals surface area contributed by atoms with Crippen LogP contribution in [0, 0.1) is 13.8 Å². The molecule has 44 heavy (non-hydrogen) atoms. The first-order valence-electron chi connectivity index (χ1n) is 16.1. The molecule has 1 aliphatic heterocycles. The first-order chi connectivity index (χ1) is 21.3. The molecule has 2 N–H and O–H groups in total. The summed E-state index contributed by atoms with van der Waals surface area (Å²) in [7, 11) is 1.94. The van der Waals surface area contributed by atoms with Gasteiger partial charge in [-0.1, -0.05) is 29.8 Å². The second-order valence-electron chi connectivity index (χ2n) is 12.8. The van der Waals surface area contributed by atoms with Crippen molar-refractivity contribution < 1.29 is 14.6 Å². The number of aryl methyl sites for hydroxylation is 3. The summed E-state index contributed by atoms with van der Waals surface area (Å²) in [5, 5.41) is 20.3. The SMILES string of the molecule is Cc1nn(C)c(C)c1-c1c(Cl)ccc2c(CCCOc3cccc4c3C3CCC4C3)c(C(=O)O)n(CCN3CCNCC3)c12. The lowest BCUT2D eigenvalue weighted by Gasteiger charge is -2.27. The number of carboxylic acid groups (broad SMARTS) is 1. The quantitative estimate of drug-likeness (QED) is 0.204. The van der Waals surface area contributed by atoms with E-state index in [-0.39, 0.29) is 0 Å². The minimum absolute atomic E-state index is 0.357. The number of hydrogen-bond donors (Lipinski definition) is 2. The number of hydrogen-bond acceptors (Lipinski definition) is 5. The molecule has 2 fully saturated rings. The Hall–Kier alpha value is -3.33. The normalized spacial score (nSPS) is 19.6. The molecule has 2 unspecified atom stereocenters. The van der Waals surface area contributed by atoms with Crippen molar-refractivity contribution in [3.63, 3.8) is 0 Å². The number of benzene rings is 2. The Balaban J connectivity index is 1.25. The van der Waals surface area contributed by atoms with E-state index in [1.165, 1.54) is 30.4 Å². The van der Waals surface area contributed by atoms with Crippen LogP contribution in [0.1, 0.15) is 76.1 Å². The number of aromatic nitrogens is 3. The van der Waals surface area contributed by atoms with Gasteiger partial charge in [0.1, 0.15) is 11.4 Å². The molecule has 3 heterocycles. The summed E-state index contributed by atoms with van der Waals surface area (Å²) in [4.78, 5) is 15.5. The number of carbonyl (C=O) groups is 1. The molecular formula is C35H42ClN5O3. The zero-order valence-corrected chi connectivity index (χ0v) is 26.7. The summed E-state index contributed by atoms with van der Waals surface area (Å²) < 4.78 is 10.3. The van der Waals surface area contributed by atoms with Crippen LogP contribution in [-0.4, -0.2) is 69.7 Å². The van der Waals surface area contributed by atoms with E-state index in [2.05, 4.69) is 33.5 Å². The predicted octanol–water partition coefficient (Wildman–Crippen LogP) is 6.29. The summed E-state index contributed by atoms with van der Waals surface area (Å²) in [5.41, 5.74) is 8.72. The van der Waals surface area contributed by atoms with Gasteiger partial charge in [-0.25, -0.2) is 4.79 Å². The van der Waals surface area contributed by atoms with Crippen LogP contribution in [0.25, 0.3) is 22.0 Å². The van der Waals surface area contributed by atoms with Crippen molar-refractivity contribution in [3.05, 3.63) is 69.1 Å². The van der Waals surface area contributed by atoms with Gasteiger partial charge >= 0.3 is 5.97 Å². The van der Waals surface area contributed by atoms with Crippen LogP contribution < -0.4 is 10.1 Å². The molecule has 0 spiro atoms. The highest BCUT2D eigenvalue weighted by molar-refractivity contribution is 6.35. The summed E-state index contributed by atoms with van der Waals surface area (Å²) in [6.07, 6.45) is 5.13. The maximum Gasteiger partial charge on any atom is 0.352 e. The molecular weight excluding hydrogens is 574 g/mol. The molecule has 4 aromatic rings. The Kier molecular flexibility index (Phi) is 7.93. The Morgan fingerprint density at radius 2 is 1.89 bits per heavy atom. The molecule has 2 aromatic heterocycles. The van der Waals surface area contributed by atoms with Crippen LogP contribution in [-0.2, 0) is 20.0 Å². The van der Waals surface area contributed by atoms with E-state index < -0.39 is 5.97 Å². The summed E-state index contributed by atoms with van der Waals surface area (Å²) in [6, 6.07) is 10.4. The third-order valence-corrected chi connectivity index (χ3v) is 10.6. The van der Waals surface area contributed by atoms with Crippen LogP contribution >= 0.6 is 11.6 Å². The van der Waals surface area contributed by atoms with E-state index >= 15 is 0 Å². The standard InChI is InChI=1S/C35H42ClN5O3/c1-21-30(22(2)39(3)38-21)32-28(36)12-11-27-26(34(35(42)43)41(33(27)32)18-17-40-15-13-37-14-16-40)7-5-19-44-29-8-4-6-25-23-9-10-24(20-23)31(25)29/h4,6,8,11-12,23-24,37H,5,7,9-10,13-20H2,1-3H3,(H,42,43). The van der Waals surface area contributed by atoms with Gasteiger partial charge in [-0.3, -0.25) is 9.58 Å². The van der Waals surface area contributed by atoms with Crippen LogP contribution in [0.5, 0.6) is 5.75 Å². The molecule has 2 aliphatic carbocycles. The van der Waals surface area contributed by atoms with Crippen LogP contribution in [0.15, 0.2) is 30.3 Å². The van der Waals surface area contributed by atoms with Gasteiger partial charge in [0.25, 0.3) is 0 Å². The van der Waals surface area contributed by atoms with Crippen molar-refractivity contribution in [1.82, 2.24) is 24.6 Å². The Labute approximate surface area is 263 Å². The van der Waals surface area contributed by atoms with Crippen LogP contribution in [0.4, 0.5) is 0 Å². The van der Waals surface area contributed by atoms with Crippen LogP contribution in [0.3, 0.4) is 0 Å². The molecule has 0 radical (unpaired) electrons. The molecule has 0 amide bonds. The van der Waals surface area contributed by atoms with Crippen LogP contribution in [0.2, 0.25) is 5.02 Å². The molecule has 2 atom stereocenters. The summed E-state index contributed by atoms with van der Waals surface area (Å²) in [6.45, 7) is 9.71. The molecule has 3 aliphatic rings. The molecule has 8 nitrogen and oxygen atoms in total. The minimum atomic E-state index is -0.906. The third kappa shape index (κ3) is 5.01. The van der Waals surface area contributed by atoms with Gasteiger partial charge < -0.3 is 19.7 Å². The number of nitrogens with zero attached hydrogens (tertiary/aromatic N) is 4. The summed E-state index contributed by atoms with van der Waals surface area (Å²) in [5.74, 6) is 1.43. The summed E-state index contributed by atoms with van der Waals surface area (Å²) >= 11 is 6.98. The topological polar surface area (TPSA) is 84.5 Å². The second-order valence-corrected chi connectivity index (χ2v) is 13.2. The average Bonchev–Trinajstić information content (AvgIpc) is 3.77. The monoisotopic (exact) mass is 615 g/mol. The molecule has 2 bridgehead atoms. The number of fused-ring (bicyclic) bond motifs is 6. The van der Waals surface area contributed by atoms with E-state index in [0.29, 0.717) is 42.1 Å². The van der Waals surface area contributed by atoms with E-state index in [1.54, 1.807) is 0 Å². The number of piperazine rings is 1. The maximum atomic E-state index is 13.1. The second kappa shape index (κ2) is 11.9. The molecule has 1 saturated heterocycles. The molecule has 7 rings (SSSR count). The zero-order chi connectivity index (χ0) is 30.5. The number of nitrogens with one attached hydrogen (secondary N) is 1. The average molecular weight is 616 g/mol. The lowest BCUT2D eigenvalue weighted by atomic mass is 9.91. The van der Waals surface area contributed by atoms with Gasteiger partial charge in [-0.05, 0) is 81.0 Å². The first kappa shape index (κ1) is 29.4. The lowest BCUT2D eigenvalue weighted by Crippen LogP contribution is -2.44. The van der Waals surface area contributed by atoms with E-state index in [0.717, 1.165) is 83.9 Å². The number of aromatic carboxylic acids is 1. The van der Waals surface area contributed by atoms with Crippen molar-refractivity contribution in [3.8, 4) is 16.9 Å². The van der Waals surface area contributed by atoms with Gasteiger partial charge in [-0.15, -0.1) is 0 Å². The first-order valence-corrected chi connectivity index (χ1v) is 16.5. The molecule has 9 heteroatoms. The molecule has 1 saturated carbocycles. The lowest BCUT2D eigenvalue weighted by molar-refractivity contribution is 0.0683. The van der Waals surface area contributed by atoms with E-state index in [9.17, 15) is 9.90 Å². The number of rotatable bonds is 10. The van der Waals surface area contributed by atoms with Gasteiger partial charge in [0.05, 0.1) is 22.8 Å². The molecule has 2 aromatic carbocycles. The Morgan fingerprint density at radius 3 is 2.64 bits per heavy atom. The van der Waals surface area contributed by atoms with Gasteiger partial charge in [-0.2, -0.15) is 5.10 Å². The smallest absolute Gasteiger partial charge is 0.352 e.